The zero-order valence-corrected chi connectivity index (χ0v) is 20.2. The van der Waals surface area contributed by atoms with Gasteiger partial charge in [0.05, 0.1) is 32.5 Å². The van der Waals surface area contributed by atoms with Crippen molar-refractivity contribution in [3.63, 3.8) is 0 Å². The Labute approximate surface area is 188 Å². The van der Waals surface area contributed by atoms with Gasteiger partial charge in [-0.05, 0) is 57.4 Å². The van der Waals surface area contributed by atoms with Crippen LogP contribution in [0.2, 0.25) is 0 Å². The van der Waals surface area contributed by atoms with Gasteiger partial charge in [-0.2, -0.15) is 0 Å². The fourth-order valence-corrected chi connectivity index (χ4v) is 4.58. The summed E-state index contributed by atoms with van der Waals surface area (Å²) in [6.07, 6.45) is 13.7. The molecule has 1 aliphatic heterocycles. The molecule has 0 spiro atoms. The average Bonchev–Trinajstić information content (AvgIpc) is 3.10. The van der Waals surface area contributed by atoms with Crippen molar-refractivity contribution in [1.82, 2.24) is 0 Å². The minimum Gasteiger partial charge on any atom is -0.469 e. The van der Waals surface area contributed by atoms with Gasteiger partial charge in [0.25, 0.3) is 0 Å². The first-order valence-electron chi connectivity index (χ1n) is 11.9. The van der Waals surface area contributed by atoms with Crippen LogP contribution in [-0.2, 0) is 23.8 Å². The van der Waals surface area contributed by atoms with Crippen LogP contribution < -0.4 is 0 Å². The highest BCUT2D eigenvalue weighted by Crippen LogP contribution is 2.41. The second-order valence-electron chi connectivity index (χ2n) is 9.93. The molecule has 0 N–H and O–H groups in total. The summed E-state index contributed by atoms with van der Waals surface area (Å²) < 4.78 is 16.8. The molecular weight excluding hydrogens is 392 g/mol. The first-order chi connectivity index (χ1) is 14.7. The quantitative estimate of drug-likeness (QED) is 0.177. The maximum absolute atomic E-state index is 12.9. The van der Waals surface area contributed by atoms with Crippen LogP contribution >= 0.6 is 0 Å². The second-order valence-corrected chi connectivity index (χ2v) is 9.93. The lowest BCUT2D eigenvalue weighted by atomic mass is 9.82. The molecule has 0 aromatic heterocycles. The Bertz CT molecular complexity index is 644. The van der Waals surface area contributed by atoms with E-state index < -0.39 is 0 Å². The number of ether oxygens (including phenoxy) is 3. The lowest BCUT2D eigenvalue weighted by Crippen LogP contribution is -2.37. The van der Waals surface area contributed by atoms with Crippen LogP contribution in [0.3, 0.4) is 0 Å². The Morgan fingerprint density at radius 1 is 1.06 bits per heavy atom. The van der Waals surface area contributed by atoms with Gasteiger partial charge in [-0.3, -0.25) is 9.59 Å². The largest absolute Gasteiger partial charge is 0.469 e. The molecule has 2 rings (SSSR count). The third-order valence-electron chi connectivity index (χ3n) is 6.65. The lowest BCUT2D eigenvalue weighted by molar-refractivity contribution is -0.140. The molecule has 2 unspecified atom stereocenters. The van der Waals surface area contributed by atoms with Crippen molar-refractivity contribution >= 4 is 11.8 Å². The van der Waals surface area contributed by atoms with E-state index in [1.807, 2.05) is 19.9 Å². The number of fused-ring (bicyclic) bond motifs is 1. The van der Waals surface area contributed by atoms with E-state index in [0.29, 0.717) is 31.5 Å². The Kier molecular flexibility index (Phi) is 10.4. The zero-order chi connectivity index (χ0) is 22.9. The van der Waals surface area contributed by atoms with Gasteiger partial charge in [-0.25, -0.2) is 0 Å². The van der Waals surface area contributed by atoms with Crippen LogP contribution in [0.1, 0.15) is 79.1 Å². The number of methoxy groups -OCH3 is 1. The molecule has 5 heteroatoms. The third-order valence-corrected chi connectivity index (χ3v) is 6.65. The molecule has 0 aromatic rings. The Morgan fingerprint density at radius 3 is 2.48 bits per heavy atom. The molecule has 2 aliphatic rings. The molecular formula is C26H42O5. The fourth-order valence-electron chi connectivity index (χ4n) is 4.58. The van der Waals surface area contributed by atoms with Crippen LogP contribution in [-0.4, -0.2) is 44.3 Å². The highest BCUT2D eigenvalue weighted by molar-refractivity contribution is 5.94. The summed E-state index contributed by atoms with van der Waals surface area (Å²) in [5, 5.41) is 0. The smallest absolute Gasteiger partial charge is 0.305 e. The van der Waals surface area contributed by atoms with Crippen molar-refractivity contribution < 1.29 is 23.8 Å². The molecule has 2 fully saturated rings. The first-order valence-corrected chi connectivity index (χ1v) is 11.9. The number of hydrogen-bond acceptors (Lipinski definition) is 5. The molecule has 0 aromatic carbocycles. The van der Waals surface area contributed by atoms with E-state index >= 15 is 0 Å². The number of allylic oxidation sites excluding steroid dienone is 4. The molecule has 0 amide bonds. The Morgan fingerprint density at radius 2 is 1.77 bits per heavy atom. The number of esters is 1. The van der Waals surface area contributed by atoms with E-state index in [1.54, 1.807) is 0 Å². The summed E-state index contributed by atoms with van der Waals surface area (Å²) in [4.78, 5) is 24.1. The molecule has 1 saturated heterocycles. The lowest BCUT2D eigenvalue weighted by Gasteiger charge is -2.30. The van der Waals surface area contributed by atoms with Gasteiger partial charge in [-0.15, -0.1) is 0 Å². The fraction of sp³-hybridized carbons (Fsp3) is 0.769. The van der Waals surface area contributed by atoms with Crippen molar-refractivity contribution in [1.29, 1.82) is 0 Å². The summed E-state index contributed by atoms with van der Waals surface area (Å²) in [7, 11) is 1.44. The van der Waals surface area contributed by atoms with Gasteiger partial charge in [0.1, 0.15) is 0 Å². The minimum absolute atomic E-state index is 0.131. The summed E-state index contributed by atoms with van der Waals surface area (Å²) >= 11 is 0. The molecule has 31 heavy (non-hydrogen) atoms. The number of ketones is 1. The van der Waals surface area contributed by atoms with Gasteiger partial charge in [0.15, 0.2) is 5.78 Å². The first kappa shape index (κ1) is 25.8. The van der Waals surface area contributed by atoms with Crippen molar-refractivity contribution in [2.24, 2.45) is 17.3 Å². The molecule has 0 bridgehead atoms. The molecule has 1 aliphatic carbocycles. The van der Waals surface area contributed by atoms with E-state index in [1.165, 1.54) is 12.7 Å². The molecule has 176 valence electrons. The number of rotatable bonds is 12. The number of unbranched alkanes of at least 4 members (excludes halogenated alkanes) is 3. The van der Waals surface area contributed by atoms with Crippen LogP contribution in [0, 0.1) is 17.3 Å². The number of carbonyl (C=O) groups is 2. The van der Waals surface area contributed by atoms with E-state index in [0.717, 1.165) is 44.9 Å². The predicted octanol–water partition coefficient (Wildman–Crippen LogP) is 5.43. The van der Waals surface area contributed by atoms with Gasteiger partial charge in [0.2, 0.25) is 0 Å². The van der Waals surface area contributed by atoms with Crippen molar-refractivity contribution in [2.75, 3.05) is 20.3 Å². The Balaban J connectivity index is 1.91. The van der Waals surface area contributed by atoms with Gasteiger partial charge >= 0.3 is 5.97 Å². The van der Waals surface area contributed by atoms with Crippen molar-refractivity contribution in [3.05, 3.63) is 23.8 Å². The molecule has 1 saturated carbocycles. The monoisotopic (exact) mass is 434 g/mol. The van der Waals surface area contributed by atoms with Gasteiger partial charge in [-0.1, -0.05) is 50.8 Å². The van der Waals surface area contributed by atoms with Crippen molar-refractivity contribution in [3.8, 4) is 0 Å². The number of hydrogen-bond donors (Lipinski definition) is 0. The van der Waals surface area contributed by atoms with E-state index in [2.05, 4.69) is 26.0 Å². The number of carbonyl (C=O) groups excluding carboxylic acids is 2. The highest BCUT2D eigenvalue weighted by atomic mass is 16.6. The summed E-state index contributed by atoms with van der Waals surface area (Å²) in [5.74, 6) is 0.749. The minimum atomic E-state index is -0.388. The molecule has 1 heterocycles. The van der Waals surface area contributed by atoms with Crippen LogP contribution in [0.5, 0.6) is 0 Å². The molecule has 0 radical (unpaired) electrons. The molecule has 5 nitrogen and oxygen atoms in total. The zero-order valence-electron chi connectivity index (χ0n) is 20.2. The SMILES string of the molecule is COC(=O)CCCCCC[C@H]1C2OCCOC2C[C@@H]1C=CC(=O)C(C)(C)CC=C(C)C. The van der Waals surface area contributed by atoms with E-state index in [-0.39, 0.29) is 29.4 Å². The summed E-state index contributed by atoms with van der Waals surface area (Å²) in [5.41, 5.74) is 0.854. The van der Waals surface area contributed by atoms with Gasteiger partial charge in [0, 0.05) is 11.8 Å². The standard InChI is InChI=1S/C26H42O5/c1-19(2)14-15-26(3,4)23(27)13-12-20-18-22-25(31-17-16-30-22)21(20)10-8-6-7-9-11-24(28)29-5/h12-14,20-22,25H,6-11,15-18H2,1-5H3/t20-,21+,22?,25?/m0/s1. The predicted molar refractivity (Wildman–Crippen MR) is 123 cm³/mol. The normalized spacial score (nSPS) is 26.0. The van der Waals surface area contributed by atoms with E-state index in [4.69, 9.17) is 14.2 Å². The second kappa shape index (κ2) is 12.5. The Hall–Kier alpha value is -1.46. The molecule has 4 atom stereocenters. The van der Waals surface area contributed by atoms with Crippen LogP contribution in [0.25, 0.3) is 0 Å². The topological polar surface area (TPSA) is 61.8 Å². The van der Waals surface area contributed by atoms with Gasteiger partial charge < -0.3 is 14.2 Å². The average molecular weight is 435 g/mol. The van der Waals surface area contributed by atoms with Crippen LogP contribution in [0.4, 0.5) is 0 Å². The highest BCUT2D eigenvalue weighted by Gasteiger charge is 2.44. The maximum atomic E-state index is 12.9. The third kappa shape index (κ3) is 8.19. The maximum Gasteiger partial charge on any atom is 0.305 e. The summed E-state index contributed by atoms with van der Waals surface area (Å²) in [6.45, 7) is 9.49. The van der Waals surface area contributed by atoms with Crippen LogP contribution in [0.15, 0.2) is 23.8 Å². The summed E-state index contributed by atoms with van der Waals surface area (Å²) in [6, 6.07) is 0. The van der Waals surface area contributed by atoms with Crippen molar-refractivity contribution in [2.45, 2.75) is 91.3 Å². The van der Waals surface area contributed by atoms with E-state index in [9.17, 15) is 9.59 Å².